The van der Waals surface area contributed by atoms with Crippen LogP contribution in [-0.2, 0) is 0 Å². The normalized spacial score (nSPS) is 13.0. The number of thiophene rings is 2. The summed E-state index contributed by atoms with van der Waals surface area (Å²) in [5.74, 6) is 0. The first-order chi connectivity index (χ1) is 9.20. The monoisotopic (exact) mass is 351 g/mol. The van der Waals surface area contributed by atoms with Gasteiger partial charge in [0.25, 0.3) is 0 Å². The quantitative estimate of drug-likeness (QED) is 0.671. The van der Waals surface area contributed by atoms with Gasteiger partial charge in [0.2, 0.25) is 0 Å². The van der Waals surface area contributed by atoms with Crippen molar-refractivity contribution >= 4 is 48.7 Å². The van der Waals surface area contributed by atoms with Crippen molar-refractivity contribution < 1.29 is 0 Å². The number of fused-ring (bicyclic) bond motifs is 1. The zero-order chi connectivity index (χ0) is 13.4. The van der Waals surface area contributed by atoms with Gasteiger partial charge < -0.3 is 5.32 Å². The average Bonchev–Trinajstić information content (AvgIpc) is 2.97. The minimum atomic E-state index is 0.270. The number of nitrogens with one attached hydrogen (secondary N) is 1. The standard InChI is InChI=1S/C15H14BrNS2/c1-9-12(16)7-14(19-9)15(17-2)11-8-18-13-6-4-3-5-10(11)13/h3-8,15,17H,1-2H3. The lowest BCUT2D eigenvalue weighted by Crippen LogP contribution is -2.15. The summed E-state index contributed by atoms with van der Waals surface area (Å²) < 4.78 is 2.55. The molecule has 0 amide bonds. The van der Waals surface area contributed by atoms with E-state index in [0.29, 0.717) is 0 Å². The Morgan fingerprint density at radius 1 is 1.26 bits per heavy atom. The molecular formula is C15H14BrNS2. The molecule has 1 aromatic carbocycles. The van der Waals surface area contributed by atoms with Crippen molar-refractivity contribution in [2.24, 2.45) is 0 Å². The molecule has 0 aliphatic heterocycles. The number of hydrogen-bond donors (Lipinski definition) is 1. The summed E-state index contributed by atoms with van der Waals surface area (Å²) in [5, 5.41) is 7.08. The predicted molar refractivity (Wildman–Crippen MR) is 89.5 cm³/mol. The highest BCUT2D eigenvalue weighted by atomic mass is 79.9. The summed E-state index contributed by atoms with van der Waals surface area (Å²) in [6, 6.07) is 11.1. The van der Waals surface area contributed by atoms with Crippen LogP contribution in [0.5, 0.6) is 0 Å². The average molecular weight is 352 g/mol. The van der Waals surface area contributed by atoms with Crippen molar-refractivity contribution in [3.8, 4) is 0 Å². The molecule has 3 aromatic rings. The summed E-state index contributed by atoms with van der Waals surface area (Å²) in [5.41, 5.74) is 1.37. The summed E-state index contributed by atoms with van der Waals surface area (Å²) in [7, 11) is 2.03. The van der Waals surface area contributed by atoms with Gasteiger partial charge in [0.1, 0.15) is 0 Å². The molecule has 1 nitrogen and oxygen atoms in total. The number of aryl methyl sites for hydroxylation is 1. The molecule has 0 saturated heterocycles. The van der Waals surface area contributed by atoms with E-state index in [2.05, 4.69) is 63.9 Å². The van der Waals surface area contributed by atoms with Gasteiger partial charge in [0.05, 0.1) is 6.04 Å². The molecule has 2 aromatic heterocycles. The maximum Gasteiger partial charge on any atom is 0.0683 e. The van der Waals surface area contributed by atoms with Gasteiger partial charge in [0, 0.05) is 18.9 Å². The van der Waals surface area contributed by atoms with E-state index in [1.807, 2.05) is 29.7 Å². The molecular weight excluding hydrogens is 338 g/mol. The number of benzene rings is 1. The van der Waals surface area contributed by atoms with Crippen molar-refractivity contribution in [2.75, 3.05) is 7.05 Å². The lowest BCUT2D eigenvalue weighted by atomic mass is 10.0. The maximum atomic E-state index is 3.61. The van der Waals surface area contributed by atoms with Crippen LogP contribution in [0, 0.1) is 6.92 Å². The Hall–Kier alpha value is -0.680. The molecule has 1 N–H and O–H groups in total. The van der Waals surface area contributed by atoms with Gasteiger partial charge >= 0.3 is 0 Å². The van der Waals surface area contributed by atoms with E-state index in [4.69, 9.17) is 0 Å². The molecule has 0 spiro atoms. The largest absolute Gasteiger partial charge is 0.309 e. The van der Waals surface area contributed by atoms with Crippen molar-refractivity contribution in [3.05, 3.63) is 55.5 Å². The van der Waals surface area contributed by atoms with Crippen LogP contribution in [0.1, 0.15) is 21.4 Å². The van der Waals surface area contributed by atoms with Gasteiger partial charge in [-0.15, -0.1) is 22.7 Å². The third kappa shape index (κ3) is 2.38. The molecule has 0 aliphatic carbocycles. The molecule has 0 aliphatic rings. The van der Waals surface area contributed by atoms with Crippen LogP contribution in [-0.4, -0.2) is 7.05 Å². The molecule has 4 heteroatoms. The van der Waals surface area contributed by atoms with Gasteiger partial charge in [-0.3, -0.25) is 0 Å². The van der Waals surface area contributed by atoms with Gasteiger partial charge in [-0.2, -0.15) is 0 Å². The van der Waals surface area contributed by atoms with E-state index in [9.17, 15) is 0 Å². The lowest BCUT2D eigenvalue weighted by molar-refractivity contribution is 0.711. The molecule has 0 bridgehead atoms. The summed E-state index contributed by atoms with van der Waals surface area (Å²) >= 11 is 7.28. The first kappa shape index (κ1) is 13.3. The predicted octanol–water partition coefficient (Wildman–Crippen LogP) is 5.34. The fourth-order valence-corrected chi connectivity index (χ4v) is 4.97. The molecule has 0 radical (unpaired) electrons. The zero-order valence-corrected chi connectivity index (χ0v) is 14.0. The molecule has 3 rings (SSSR count). The van der Waals surface area contributed by atoms with E-state index in [1.54, 1.807) is 0 Å². The highest BCUT2D eigenvalue weighted by Gasteiger charge is 2.18. The minimum Gasteiger partial charge on any atom is -0.309 e. The third-order valence-corrected chi connectivity index (χ3v) is 6.45. The highest BCUT2D eigenvalue weighted by molar-refractivity contribution is 9.10. The Balaban J connectivity index is 2.12. The smallest absolute Gasteiger partial charge is 0.0683 e. The molecule has 0 fully saturated rings. The molecule has 98 valence electrons. The van der Waals surface area contributed by atoms with Crippen LogP contribution in [0.2, 0.25) is 0 Å². The van der Waals surface area contributed by atoms with E-state index >= 15 is 0 Å². The summed E-state index contributed by atoms with van der Waals surface area (Å²) in [4.78, 5) is 2.69. The van der Waals surface area contributed by atoms with Gasteiger partial charge in [0.15, 0.2) is 0 Å². The van der Waals surface area contributed by atoms with Gasteiger partial charge in [-0.25, -0.2) is 0 Å². The lowest BCUT2D eigenvalue weighted by Gasteiger charge is -2.14. The van der Waals surface area contributed by atoms with Crippen molar-refractivity contribution in [2.45, 2.75) is 13.0 Å². The Bertz CT molecular complexity index is 694. The van der Waals surface area contributed by atoms with E-state index in [1.165, 1.54) is 29.9 Å². The second-order valence-corrected chi connectivity index (χ2v) is 7.52. The highest BCUT2D eigenvalue weighted by Crippen LogP contribution is 2.38. The van der Waals surface area contributed by atoms with E-state index in [-0.39, 0.29) is 6.04 Å². The van der Waals surface area contributed by atoms with Crippen LogP contribution in [0.25, 0.3) is 10.1 Å². The number of halogens is 1. The fraction of sp³-hybridized carbons (Fsp3) is 0.200. The first-order valence-electron chi connectivity index (χ1n) is 6.10. The molecule has 1 unspecified atom stereocenters. The Morgan fingerprint density at radius 2 is 2.05 bits per heavy atom. The topological polar surface area (TPSA) is 12.0 Å². The molecule has 2 heterocycles. The Kier molecular flexibility index (Phi) is 3.76. The summed E-state index contributed by atoms with van der Waals surface area (Å²) in [6.07, 6.45) is 0. The zero-order valence-electron chi connectivity index (χ0n) is 10.7. The summed E-state index contributed by atoms with van der Waals surface area (Å²) in [6.45, 7) is 2.15. The maximum absolute atomic E-state index is 3.61. The fourth-order valence-electron chi connectivity index (χ4n) is 2.30. The number of rotatable bonds is 3. The van der Waals surface area contributed by atoms with Crippen LogP contribution < -0.4 is 5.32 Å². The van der Waals surface area contributed by atoms with Crippen LogP contribution in [0.3, 0.4) is 0 Å². The minimum absolute atomic E-state index is 0.270. The van der Waals surface area contributed by atoms with E-state index in [0.717, 1.165) is 0 Å². The van der Waals surface area contributed by atoms with Crippen LogP contribution in [0.4, 0.5) is 0 Å². The second-order valence-electron chi connectivity index (χ2n) is 4.46. The second kappa shape index (κ2) is 5.37. The van der Waals surface area contributed by atoms with Crippen molar-refractivity contribution in [3.63, 3.8) is 0 Å². The van der Waals surface area contributed by atoms with Crippen molar-refractivity contribution in [1.29, 1.82) is 0 Å². The Morgan fingerprint density at radius 3 is 2.74 bits per heavy atom. The van der Waals surface area contributed by atoms with Crippen molar-refractivity contribution in [1.82, 2.24) is 5.32 Å². The SMILES string of the molecule is CNC(c1cc(Br)c(C)s1)c1csc2ccccc12. The molecule has 19 heavy (non-hydrogen) atoms. The molecule has 1 atom stereocenters. The van der Waals surface area contributed by atoms with Gasteiger partial charge in [-0.05, 0) is 58.4 Å². The van der Waals surface area contributed by atoms with Gasteiger partial charge in [-0.1, -0.05) is 18.2 Å². The third-order valence-electron chi connectivity index (χ3n) is 3.27. The first-order valence-corrected chi connectivity index (χ1v) is 8.59. The molecule has 0 saturated carbocycles. The Labute approximate surface area is 129 Å². The van der Waals surface area contributed by atoms with Crippen LogP contribution >= 0.6 is 38.6 Å². The number of hydrogen-bond acceptors (Lipinski definition) is 3. The van der Waals surface area contributed by atoms with E-state index < -0.39 is 0 Å². The van der Waals surface area contributed by atoms with Crippen LogP contribution in [0.15, 0.2) is 40.2 Å².